The predicted molar refractivity (Wildman–Crippen MR) is 35.6 cm³/mol. The van der Waals surface area contributed by atoms with Crippen molar-refractivity contribution in [3.8, 4) is 0 Å². The highest BCUT2D eigenvalue weighted by Crippen LogP contribution is 2.31. The molecule has 0 unspecified atom stereocenters. The van der Waals surface area contributed by atoms with Crippen LogP contribution in [0.1, 0.15) is 0 Å². The molecule has 4 heteroatoms. The van der Waals surface area contributed by atoms with E-state index in [9.17, 15) is 0 Å². The predicted octanol–water partition coefficient (Wildman–Crippen LogP) is 1.42. The second-order valence-electron chi connectivity index (χ2n) is 1.59. The molecule has 8 heavy (non-hydrogen) atoms. The summed E-state index contributed by atoms with van der Waals surface area (Å²) in [6, 6.07) is 0. The van der Waals surface area contributed by atoms with E-state index in [1.165, 1.54) is 12.1 Å². The van der Waals surface area contributed by atoms with E-state index < -0.39 is 0 Å². The summed E-state index contributed by atoms with van der Waals surface area (Å²) < 4.78 is 6.11. The van der Waals surface area contributed by atoms with Gasteiger partial charge in [-0.15, -0.1) is 0 Å². The summed E-state index contributed by atoms with van der Waals surface area (Å²) in [6.07, 6.45) is 3.84. The van der Waals surface area contributed by atoms with Crippen molar-refractivity contribution < 1.29 is 0 Å². The molecule has 2 heterocycles. The van der Waals surface area contributed by atoms with Crippen molar-refractivity contribution in [2.75, 3.05) is 9.44 Å². The van der Waals surface area contributed by atoms with Crippen LogP contribution in [0.5, 0.6) is 0 Å². The lowest BCUT2D eigenvalue weighted by molar-refractivity contribution is 1.41. The van der Waals surface area contributed by atoms with Crippen LogP contribution in [0.3, 0.4) is 0 Å². The zero-order valence-corrected chi connectivity index (χ0v) is 4.88. The van der Waals surface area contributed by atoms with Crippen LogP contribution in [0.2, 0.25) is 0 Å². The minimum atomic E-state index is 1.13. The Kier molecular flexibility index (Phi) is 0.700. The normalized spacial score (nSPS) is 14.5. The van der Waals surface area contributed by atoms with Crippen molar-refractivity contribution in [1.82, 2.24) is 4.98 Å². The third-order valence-electron chi connectivity index (χ3n) is 1.07. The van der Waals surface area contributed by atoms with Crippen LogP contribution in [0.15, 0.2) is 12.4 Å². The molecule has 0 saturated carbocycles. The average Bonchev–Trinajstić information content (AvgIpc) is 2.15. The molecule has 0 fully saturated rings. The second-order valence-corrected chi connectivity index (χ2v) is 2.20. The third-order valence-corrected chi connectivity index (χ3v) is 1.71. The molecular weight excluding hydrogens is 122 g/mol. The Hall–Kier alpha value is -0.770. The van der Waals surface area contributed by atoms with Gasteiger partial charge in [0.25, 0.3) is 0 Å². The van der Waals surface area contributed by atoms with Crippen LogP contribution < -0.4 is 9.44 Å². The first-order valence-corrected chi connectivity index (χ1v) is 3.13. The van der Waals surface area contributed by atoms with E-state index in [2.05, 4.69) is 14.4 Å². The minimum absolute atomic E-state index is 1.13. The van der Waals surface area contributed by atoms with Gasteiger partial charge in [0.15, 0.2) is 0 Å². The van der Waals surface area contributed by atoms with Gasteiger partial charge in [-0.2, -0.15) is 0 Å². The van der Waals surface area contributed by atoms with E-state index in [0.29, 0.717) is 0 Å². The van der Waals surface area contributed by atoms with Crippen molar-refractivity contribution >= 4 is 23.5 Å². The summed E-state index contributed by atoms with van der Waals surface area (Å²) in [5, 5.41) is 0. The van der Waals surface area contributed by atoms with E-state index in [4.69, 9.17) is 0 Å². The SMILES string of the molecule is c1[nH]cc2c1NSN2. The van der Waals surface area contributed by atoms with Crippen LogP contribution >= 0.6 is 12.1 Å². The highest BCUT2D eigenvalue weighted by atomic mass is 32.2. The average molecular weight is 127 g/mol. The molecule has 2 rings (SSSR count). The molecule has 0 saturated heterocycles. The molecule has 3 N–H and O–H groups in total. The van der Waals surface area contributed by atoms with Crippen LogP contribution in [-0.2, 0) is 0 Å². The van der Waals surface area contributed by atoms with E-state index in [-0.39, 0.29) is 0 Å². The number of aromatic amines is 1. The van der Waals surface area contributed by atoms with Gasteiger partial charge in [0.2, 0.25) is 0 Å². The monoisotopic (exact) mass is 127 g/mol. The third kappa shape index (κ3) is 0.403. The number of rotatable bonds is 0. The maximum Gasteiger partial charge on any atom is 0.0875 e. The molecular formula is C4H5N3S. The molecule has 42 valence electrons. The molecule has 0 atom stereocenters. The molecule has 0 aliphatic carbocycles. The molecule has 1 aromatic rings. The second kappa shape index (κ2) is 1.35. The summed E-state index contributed by atoms with van der Waals surface area (Å²) in [7, 11) is 0. The van der Waals surface area contributed by atoms with Gasteiger partial charge < -0.3 is 14.4 Å². The van der Waals surface area contributed by atoms with Gasteiger partial charge >= 0.3 is 0 Å². The van der Waals surface area contributed by atoms with Gasteiger partial charge in [0, 0.05) is 12.4 Å². The Bertz CT molecular complexity index is 176. The fraction of sp³-hybridized carbons (Fsp3) is 0. The van der Waals surface area contributed by atoms with E-state index in [0.717, 1.165) is 11.4 Å². The first-order valence-electron chi connectivity index (χ1n) is 2.31. The summed E-state index contributed by atoms with van der Waals surface area (Å²) in [4.78, 5) is 2.96. The lowest BCUT2D eigenvalue weighted by atomic mass is 10.5. The molecule has 1 aromatic heterocycles. The Balaban J connectivity index is 2.54. The standard InChI is InChI=1S/C4H5N3S/c1-3-4(2-5-1)7-8-6-3/h1-2,5-7H. The fourth-order valence-electron chi connectivity index (χ4n) is 0.668. The number of aromatic nitrogens is 1. The van der Waals surface area contributed by atoms with Crippen molar-refractivity contribution in [1.29, 1.82) is 0 Å². The number of nitrogens with one attached hydrogen (secondary N) is 3. The zero-order chi connectivity index (χ0) is 5.40. The summed E-state index contributed by atoms with van der Waals surface area (Å²) in [5.74, 6) is 0. The maximum atomic E-state index is 3.05. The lowest BCUT2D eigenvalue weighted by Crippen LogP contribution is -1.77. The maximum absolute atomic E-state index is 3.05. The highest BCUT2D eigenvalue weighted by molar-refractivity contribution is 8.02. The van der Waals surface area contributed by atoms with Crippen LogP contribution in [0.25, 0.3) is 0 Å². The molecule has 0 spiro atoms. The smallest absolute Gasteiger partial charge is 0.0875 e. The van der Waals surface area contributed by atoms with E-state index >= 15 is 0 Å². The van der Waals surface area contributed by atoms with Crippen LogP contribution in [-0.4, -0.2) is 4.98 Å². The Morgan fingerprint density at radius 1 is 1.12 bits per heavy atom. The number of fused-ring (bicyclic) bond motifs is 1. The van der Waals surface area contributed by atoms with Crippen LogP contribution in [0.4, 0.5) is 11.4 Å². The quantitative estimate of drug-likeness (QED) is 0.461. The van der Waals surface area contributed by atoms with Gasteiger partial charge in [-0.3, -0.25) is 0 Å². The van der Waals surface area contributed by atoms with Crippen molar-refractivity contribution in [3.63, 3.8) is 0 Å². The Morgan fingerprint density at radius 2 is 1.75 bits per heavy atom. The first-order chi connectivity index (χ1) is 3.97. The number of H-pyrrole nitrogens is 1. The molecule has 0 bridgehead atoms. The molecule has 1 aliphatic heterocycles. The molecule has 1 aliphatic rings. The number of hydrogen-bond donors (Lipinski definition) is 3. The Morgan fingerprint density at radius 3 is 2.38 bits per heavy atom. The Labute approximate surface area is 51.1 Å². The minimum Gasteiger partial charge on any atom is -0.364 e. The summed E-state index contributed by atoms with van der Waals surface area (Å²) in [5.41, 5.74) is 2.27. The fourth-order valence-corrected chi connectivity index (χ4v) is 1.28. The van der Waals surface area contributed by atoms with Crippen LogP contribution in [0, 0.1) is 0 Å². The van der Waals surface area contributed by atoms with Gasteiger partial charge in [-0.05, 0) is 0 Å². The van der Waals surface area contributed by atoms with Gasteiger partial charge in [0.1, 0.15) is 0 Å². The largest absolute Gasteiger partial charge is 0.364 e. The van der Waals surface area contributed by atoms with Crippen molar-refractivity contribution in [2.24, 2.45) is 0 Å². The first kappa shape index (κ1) is 4.14. The lowest BCUT2D eigenvalue weighted by Gasteiger charge is -1.84. The summed E-state index contributed by atoms with van der Waals surface area (Å²) in [6.45, 7) is 0. The molecule has 0 radical (unpaired) electrons. The molecule has 0 amide bonds. The van der Waals surface area contributed by atoms with Crippen molar-refractivity contribution in [2.45, 2.75) is 0 Å². The molecule has 0 aromatic carbocycles. The molecule has 3 nitrogen and oxygen atoms in total. The van der Waals surface area contributed by atoms with E-state index in [1.807, 2.05) is 12.4 Å². The highest BCUT2D eigenvalue weighted by Gasteiger charge is 2.08. The number of anilines is 2. The summed E-state index contributed by atoms with van der Waals surface area (Å²) >= 11 is 1.49. The van der Waals surface area contributed by atoms with Crippen molar-refractivity contribution in [3.05, 3.63) is 12.4 Å². The van der Waals surface area contributed by atoms with Gasteiger partial charge in [0.05, 0.1) is 23.5 Å². The topological polar surface area (TPSA) is 39.9 Å². The van der Waals surface area contributed by atoms with E-state index in [1.54, 1.807) is 0 Å². The zero-order valence-electron chi connectivity index (χ0n) is 4.06. The van der Waals surface area contributed by atoms with Gasteiger partial charge in [-0.1, -0.05) is 0 Å². The van der Waals surface area contributed by atoms with Gasteiger partial charge in [-0.25, -0.2) is 0 Å². The number of hydrogen-bond acceptors (Lipinski definition) is 3.